The Hall–Kier alpha value is -0.820. The van der Waals surface area contributed by atoms with Gasteiger partial charge in [-0.1, -0.05) is 65.8 Å². The monoisotopic (exact) mass is 249 g/mol. The van der Waals surface area contributed by atoms with Crippen LogP contribution in [0.25, 0.3) is 0 Å². The van der Waals surface area contributed by atoms with E-state index in [0.29, 0.717) is 12.0 Å². The molecule has 0 spiro atoms. The molecule has 0 aliphatic heterocycles. The lowest BCUT2D eigenvalue weighted by Crippen LogP contribution is -2.06. The molecule has 0 saturated carbocycles. The summed E-state index contributed by atoms with van der Waals surface area (Å²) in [7, 11) is 0. The van der Waals surface area contributed by atoms with Gasteiger partial charge in [0, 0.05) is 6.54 Å². The predicted octanol–water partition coefficient (Wildman–Crippen LogP) is 4.79. The number of nitrogens with two attached hydrogens (primary N) is 1. The quantitative estimate of drug-likeness (QED) is 0.819. The van der Waals surface area contributed by atoms with Crippen molar-refractivity contribution in [2.45, 2.75) is 60.9 Å². The van der Waals surface area contributed by atoms with Crippen LogP contribution < -0.4 is 5.73 Å². The van der Waals surface area contributed by atoms with Crippen molar-refractivity contribution in [3.8, 4) is 0 Å². The highest BCUT2D eigenvalue weighted by atomic mass is 14.5. The highest BCUT2D eigenvalue weighted by molar-refractivity contribution is 5.22. The molecule has 18 heavy (non-hydrogen) atoms. The van der Waals surface area contributed by atoms with Gasteiger partial charge < -0.3 is 5.73 Å². The summed E-state index contributed by atoms with van der Waals surface area (Å²) >= 11 is 0. The van der Waals surface area contributed by atoms with Gasteiger partial charge in [-0.15, -0.1) is 0 Å². The summed E-state index contributed by atoms with van der Waals surface area (Å²) in [6.45, 7) is 14.0. The highest BCUT2D eigenvalue weighted by Crippen LogP contribution is 2.21. The number of benzene rings is 1. The number of aryl methyl sites for hydroxylation is 1. The first kappa shape index (κ1) is 17.2. The Bertz CT molecular complexity index is 301. The lowest BCUT2D eigenvalue weighted by atomic mass is 9.88. The van der Waals surface area contributed by atoms with Crippen molar-refractivity contribution in [3.05, 3.63) is 35.4 Å². The van der Waals surface area contributed by atoms with E-state index in [2.05, 4.69) is 65.8 Å². The van der Waals surface area contributed by atoms with Crippen molar-refractivity contribution in [1.29, 1.82) is 0 Å². The molecular formula is C17H31N. The first-order valence-electron chi connectivity index (χ1n) is 7.02. The molecule has 1 nitrogen and oxygen atoms in total. The average molecular weight is 249 g/mol. The van der Waals surface area contributed by atoms with E-state index in [-0.39, 0.29) is 0 Å². The van der Waals surface area contributed by atoms with Gasteiger partial charge in [0.2, 0.25) is 0 Å². The van der Waals surface area contributed by atoms with Crippen LogP contribution >= 0.6 is 0 Å². The van der Waals surface area contributed by atoms with Gasteiger partial charge >= 0.3 is 0 Å². The largest absolute Gasteiger partial charge is 0.326 e. The van der Waals surface area contributed by atoms with Crippen molar-refractivity contribution in [3.63, 3.8) is 0 Å². The smallest absolute Gasteiger partial charge is 0.0178 e. The Morgan fingerprint density at radius 3 is 1.67 bits per heavy atom. The van der Waals surface area contributed by atoms with Crippen molar-refractivity contribution >= 4 is 0 Å². The van der Waals surface area contributed by atoms with E-state index in [1.165, 1.54) is 17.5 Å². The zero-order chi connectivity index (χ0) is 14.2. The Labute approximate surface area is 114 Å². The summed E-state index contributed by atoms with van der Waals surface area (Å²) in [5.41, 5.74) is 8.59. The molecule has 0 saturated heterocycles. The second-order valence-electron chi connectivity index (χ2n) is 6.81. The van der Waals surface area contributed by atoms with E-state index in [9.17, 15) is 0 Å². The van der Waals surface area contributed by atoms with Gasteiger partial charge in [-0.2, -0.15) is 0 Å². The van der Waals surface area contributed by atoms with E-state index in [0.717, 1.165) is 12.3 Å². The zero-order valence-corrected chi connectivity index (χ0v) is 13.1. The van der Waals surface area contributed by atoms with Gasteiger partial charge in [0.25, 0.3) is 0 Å². The second kappa shape index (κ2) is 8.31. The number of rotatable bonds is 3. The van der Waals surface area contributed by atoms with Crippen LogP contribution in [-0.4, -0.2) is 0 Å². The third kappa shape index (κ3) is 10.3. The molecule has 1 aromatic carbocycles. The van der Waals surface area contributed by atoms with E-state index < -0.39 is 0 Å². The lowest BCUT2D eigenvalue weighted by Gasteiger charge is -2.17. The zero-order valence-electron chi connectivity index (χ0n) is 13.1. The molecule has 0 unspecified atom stereocenters. The fourth-order valence-electron chi connectivity index (χ4n) is 1.36. The number of hydrogen-bond acceptors (Lipinski definition) is 1. The summed E-state index contributed by atoms with van der Waals surface area (Å²) < 4.78 is 0. The third-order valence-corrected chi connectivity index (χ3v) is 2.42. The summed E-state index contributed by atoms with van der Waals surface area (Å²) in [6.07, 6.45) is 2.39. The van der Waals surface area contributed by atoms with Gasteiger partial charge in [-0.3, -0.25) is 0 Å². The highest BCUT2D eigenvalue weighted by Gasteiger charge is 2.09. The maximum Gasteiger partial charge on any atom is 0.0178 e. The normalized spacial score (nSPS) is 11.1. The predicted molar refractivity (Wildman–Crippen MR) is 82.6 cm³/mol. The van der Waals surface area contributed by atoms with Gasteiger partial charge in [0.05, 0.1) is 0 Å². The molecule has 2 N–H and O–H groups in total. The molecule has 0 amide bonds. The van der Waals surface area contributed by atoms with Gasteiger partial charge in [0.15, 0.2) is 0 Å². The molecule has 0 aliphatic rings. The first-order valence-corrected chi connectivity index (χ1v) is 7.02. The Kier molecular flexibility index (Phi) is 7.93. The van der Waals surface area contributed by atoms with Gasteiger partial charge in [-0.05, 0) is 35.3 Å². The Morgan fingerprint density at radius 1 is 0.944 bits per heavy atom. The number of hydrogen-bond donors (Lipinski definition) is 1. The Balaban J connectivity index is 0.000000631. The molecule has 0 radical (unpaired) electrons. The van der Waals surface area contributed by atoms with E-state index in [1.54, 1.807) is 0 Å². The van der Waals surface area contributed by atoms with Crippen molar-refractivity contribution in [1.82, 2.24) is 0 Å². The summed E-state index contributed by atoms with van der Waals surface area (Å²) in [6, 6.07) is 8.62. The third-order valence-electron chi connectivity index (χ3n) is 2.42. The molecule has 104 valence electrons. The SMILES string of the molecule is CC(C)(C)CCc1ccc(CN)cc1.CC(C)C. The molecular weight excluding hydrogens is 218 g/mol. The molecule has 0 aromatic heterocycles. The van der Waals surface area contributed by atoms with Crippen molar-refractivity contribution < 1.29 is 0 Å². The fourth-order valence-corrected chi connectivity index (χ4v) is 1.36. The molecule has 0 heterocycles. The lowest BCUT2D eigenvalue weighted by molar-refractivity contribution is 0.378. The Morgan fingerprint density at radius 2 is 1.33 bits per heavy atom. The summed E-state index contributed by atoms with van der Waals surface area (Å²) in [5, 5.41) is 0. The summed E-state index contributed by atoms with van der Waals surface area (Å²) in [5.74, 6) is 0.833. The topological polar surface area (TPSA) is 26.0 Å². The van der Waals surface area contributed by atoms with Crippen molar-refractivity contribution in [2.24, 2.45) is 17.1 Å². The van der Waals surface area contributed by atoms with Crippen molar-refractivity contribution in [2.75, 3.05) is 0 Å². The molecule has 0 bridgehead atoms. The maximum atomic E-state index is 5.54. The molecule has 1 aromatic rings. The van der Waals surface area contributed by atoms with Crippen LogP contribution in [0.2, 0.25) is 0 Å². The van der Waals surface area contributed by atoms with Crippen LogP contribution in [0, 0.1) is 11.3 Å². The minimum absolute atomic E-state index is 0.423. The fraction of sp³-hybridized carbons (Fsp3) is 0.647. The van der Waals surface area contributed by atoms with Crippen LogP contribution in [0.3, 0.4) is 0 Å². The van der Waals surface area contributed by atoms with Crippen LogP contribution in [0.1, 0.15) is 59.1 Å². The van der Waals surface area contributed by atoms with Crippen LogP contribution in [0.5, 0.6) is 0 Å². The van der Waals surface area contributed by atoms with E-state index >= 15 is 0 Å². The standard InChI is InChI=1S/C13H21N.C4H10/c1-13(2,3)9-8-11-4-6-12(10-14)7-5-11;1-4(2)3/h4-7H,8-10,14H2,1-3H3;4H,1-3H3. The summed E-state index contributed by atoms with van der Waals surface area (Å²) in [4.78, 5) is 0. The minimum atomic E-state index is 0.423. The molecule has 1 rings (SSSR count). The van der Waals surface area contributed by atoms with Gasteiger partial charge in [0.1, 0.15) is 0 Å². The van der Waals surface area contributed by atoms with Crippen LogP contribution in [0.15, 0.2) is 24.3 Å². The molecule has 0 fully saturated rings. The van der Waals surface area contributed by atoms with E-state index in [1.807, 2.05) is 0 Å². The minimum Gasteiger partial charge on any atom is -0.326 e. The van der Waals surface area contributed by atoms with Crippen LogP contribution in [-0.2, 0) is 13.0 Å². The van der Waals surface area contributed by atoms with E-state index in [4.69, 9.17) is 5.73 Å². The maximum absolute atomic E-state index is 5.54. The first-order chi connectivity index (χ1) is 8.24. The molecule has 0 aliphatic carbocycles. The second-order valence-corrected chi connectivity index (χ2v) is 6.81. The molecule has 0 atom stereocenters. The average Bonchev–Trinajstić information content (AvgIpc) is 2.25. The molecule has 1 heteroatoms. The van der Waals surface area contributed by atoms with Crippen LogP contribution in [0.4, 0.5) is 0 Å². The van der Waals surface area contributed by atoms with Gasteiger partial charge in [-0.25, -0.2) is 0 Å².